The summed E-state index contributed by atoms with van der Waals surface area (Å²) in [4.78, 5) is 57.0. The first kappa shape index (κ1) is 31.5. The summed E-state index contributed by atoms with van der Waals surface area (Å²) in [5, 5.41) is 17.4. The van der Waals surface area contributed by atoms with Gasteiger partial charge in [-0.05, 0) is 63.6 Å². The molecule has 12 heteroatoms. The van der Waals surface area contributed by atoms with Crippen LogP contribution in [0, 0.1) is 5.92 Å². The Kier molecular flexibility index (Phi) is 12.4. The van der Waals surface area contributed by atoms with Gasteiger partial charge in [0, 0.05) is 17.8 Å². The lowest BCUT2D eigenvalue weighted by Gasteiger charge is -2.27. The molecule has 2 aromatic rings. The first-order valence-electron chi connectivity index (χ1n) is 13.8. The van der Waals surface area contributed by atoms with Crippen molar-refractivity contribution in [2.45, 2.75) is 70.0 Å². The predicted octanol–water partition coefficient (Wildman–Crippen LogP) is 2.26. The van der Waals surface area contributed by atoms with Gasteiger partial charge in [0.2, 0.25) is 17.7 Å². The number of halogens is 1. The number of nitrogens with zero attached hydrogens (tertiary/aromatic N) is 1. The van der Waals surface area contributed by atoms with E-state index in [1.165, 1.54) is 11.3 Å². The molecule has 2 bridgehead atoms. The average molecular weight is 591 g/mol. The predicted molar refractivity (Wildman–Crippen MR) is 156 cm³/mol. The number of rotatable bonds is 5. The summed E-state index contributed by atoms with van der Waals surface area (Å²) in [5.74, 6) is -1.23. The van der Waals surface area contributed by atoms with Crippen LogP contribution in [0.2, 0.25) is 0 Å². The van der Waals surface area contributed by atoms with Gasteiger partial charge in [0.05, 0.1) is 6.04 Å². The molecule has 10 nitrogen and oxygen atoms in total. The molecular formula is C28H39ClN6O4S. The molecule has 4 rings (SSSR count). The molecule has 40 heavy (non-hydrogen) atoms. The van der Waals surface area contributed by atoms with Crippen LogP contribution in [-0.4, -0.2) is 60.3 Å². The number of piperidine rings is 1. The molecule has 0 saturated carbocycles. The first-order chi connectivity index (χ1) is 18.9. The quantitative estimate of drug-likeness (QED) is 0.362. The highest BCUT2D eigenvalue weighted by Gasteiger charge is 2.30. The first-order valence-corrected chi connectivity index (χ1v) is 14.7. The maximum Gasteiger partial charge on any atom is 0.270 e. The smallest absolute Gasteiger partial charge is 0.270 e. The van der Waals surface area contributed by atoms with E-state index in [0.29, 0.717) is 49.4 Å². The summed E-state index contributed by atoms with van der Waals surface area (Å²) in [6.45, 7) is 3.82. The summed E-state index contributed by atoms with van der Waals surface area (Å²) in [6.07, 6.45) is 4.00. The van der Waals surface area contributed by atoms with Crippen LogP contribution in [0.25, 0.3) is 0 Å². The van der Waals surface area contributed by atoms with Crippen LogP contribution in [0.5, 0.6) is 0 Å². The van der Waals surface area contributed by atoms with E-state index in [-0.39, 0.29) is 42.0 Å². The van der Waals surface area contributed by atoms with Gasteiger partial charge in [-0.1, -0.05) is 37.3 Å². The van der Waals surface area contributed by atoms with Crippen LogP contribution in [0.1, 0.15) is 72.6 Å². The number of carbonyl (C=O) groups is 4. The molecule has 1 aromatic carbocycles. The van der Waals surface area contributed by atoms with Gasteiger partial charge in [0.25, 0.3) is 5.91 Å². The fourth-order valence-electron chi connectivity index (χ4n) is 4.91. The van der Waals surface area contributed by atoms with Gasteiger partial charge in [0.1, 0.15) is 22.8 Å². The van der Waals surface area contributed by atoms with Crippen LogP contribution < -0.4 is 26.6 Å². The van der Waals surface area contributed by atoms with E-state index in [9.17, 15) is 19.2 Å². The zero-order valence-electron chi connectivity index (χ0n) is 22.7. The van der Waals surface area contributed by atoms with Crippen LogP contribution in [0.4, 0.5) is 0 Å². The minimum atomic E-state index is -0.773. The Morgan fingerprint density at radius 2 is 1.70 bits per heavy atom. The Hall–Kier alpha value is -3.02. The van der Waals surface area contributed by atoms with Crippen molar-refractivity contribution in [1.29, 1.82) is 0 Å². The van der Waals surface area contributed by atoms with Gasteiger partial charge in [-0.15, -0.1) is 23.7 Å². The normalized spacial score (nSPS) is 23.2. The highest BCUT2D eigenvalue weighted by Crippen LogP contribution is 2.23. The van der Waals surface area contributed by atoms with E-state index in [2.05, 4.69) is 31.6 Å². The fraction of sp³-hybridized carbons (Fsp3) is 0.536. The molecule has 218 valence electrons. The lowest BCUT2D eigenvalue weighted by Crippen LogP contribution is -2.55. The van der Waals surface area contributed by atoms with E-state index in [0.717, 1.165) is 31.5 Å². The van der Waals surface area contributed by atoms with E-state index in [1.54, 1.807) is 5.38 Å². The number of benzene rings is 1. The zero-order chi connectivity index (χ0) is 27.6. The molecule has 3 heterocycles. The monoisotopic (exact) mass is 590 g/mol. The highest BCUT2D eigenvalue weighted by molar-refractivity contribution is 7.09. The number of thiazole rings is 1. The summed E-state index contributed by atoms with van der Waals surface area (Å²) in [5.41, 5.74) is 1.33. The number of hydrogen-bond donors (Lipinski definition) is 5. The number of aromatic nitrogens is 1. The van der Waals surface area contributed by atoms with E-state index in [1.807, 2.05) is 37.3 Å². The van der Waals surface area contributed by atoms with Crippen molar-refractivity contribution in [3.05, 3.63) is 52.0 Å². The van der Waals surface area contributed by atoms with E-state index >= 15 is 0 Å². The minimum absolute atomic E-state index is 0. The third kappa shape index (κ3) is 8.74. The average Bonchev–Trinajstić information content (AvgIpc) is 3.45. The second-order valence-corrected chi connectivity index (χ2v) is 11.0. The second-order valence-electron chi connectivity index (χ2n) is 10.1. The van der Waals surface area contributed by atoms with Crippen LogP contribution in [-0.2, 0) is 20.8 Å². The third-order valence-corrected chi connectivity index (χ3v) is 8.20. The van der Waals surface area contributed by atoms with Crippen LogP contribution in [0.15, 0.2) is 35.7 Å². The Labute approximate surface area is 245 Å². The van der Waals surface area contributed by atoms with Crippen molar-refractivity contribution >= 4 is 47.4 Å². The number of fused-ring (bicyclic) bond motifs is 2. The van der Waals surface area contributed by atoms with Crippen molar-refractivity contribution in [1.82, 2.24) is 31.6 Å². The van der Waals surface area contributed by atoms with Crippen LogP contribution in [0.3, 0.4) is 0 Å². The SMILES string of the molecule is CC[C@H]1NC(=O)[C@@H](NC(=O)C2CCNCC2)CCCCNC(=O)c2csc(n2)[C@H](Cc2ccccc2)NC1=O.Cl. The van der Waals surface area contributed by atoms with Gasteiger partial charge in [-0.2, -0.15) is 0 Å². The van der Waals surface area contributed by atoms with Gasteiger partial charge in [-0.3, -0.25) is 19.2 Å². The second kappa shape index (κ2) is 15.7. The molecule has 1 fully saturated rings. The minimum Gasteiger partial charge on any atom is -0.351 e. The van der Waals surface area contributed by atoms with Crippen molar-refractivity contribution in [3.8, 4) is 0 Å². The molecule has 3 atom stereocenters. The van der Waals surface area contributed by atoms with E-state index < -0.39 is 18.1 Å². The molecule has 0 spiro atoms. The Morgan fingerprint density at radius 3 is 2.42 bits per heavy atom. The summed E-state index contributed by atoms with van der Waals surface area (Å²) in [6, 6.07) is 7.74. The van der Waals surface area contributed by atoms with Crippen molar-refractivity contribution in [2.75, 3.05) is 19.6 Å². The Bertz CT molecular complexity index is 1140. The molecule has 0 unspecified atom stereocenters. The molecule has 1 saturated heterocycles. The number of carbonyl (C=O) groups excluding carboxylic acids is 4. The number of amides is 4. The molecule has 0 radical (unpaired) electrons. The molecule has 4 amide bonds. The standard InChI is InChI=1S/C28H38N6O4S.ClH/c1-2-20-26(37)33-22(16-18-8-4-3-5-9-18)28-34-23(17-39-28)25(36)30-13-7-6-10-21(27(38)31-20)32-24(35)19-11-14-29-15-12-19;/h3-5,8-9,17,19-22,29H,2,6-7,10-16H2,1H3,(H,30,36)(H,31,38)(H,32,35)(H,33,37);1H/t20-,21+,22+;/m1./s1. The Balaban J connectivity index is 0.00000441. The van der Waals surface area contributed by atoms with Crippen molar-refractivity contribution in [3.63, 3.8) is 0 Å². The van der Waals surface area contributed by atoms with Crippen LogP contribution >= 0.6 is 23.7 Å². The fourth-order valence-corrected chi connectivity index (χ4v) is 5.76. The summed E-state index contributed by atoms with van der Waals surface area (Å²) < 4.78 is 0. The maximum absolute atomic E-state index is 13.4. The van der Waals surface area contributed by atoms with Crippen molar-refractivity contribution < 1.29 is 19.2 Å². The lowest BCUT2D eigenvalue weighted by atomic mass is 9.96. The largest absolute Gasteiger partial charge is 0.351 e. The molecule has 2 aliphatic rings. The topological polar surface area (TPSA) is 141 Å². The van der Waals surface area contributed by atoms with Gasteiger partial charge in [-0.25, -0.2) is 4.98 Å². The summed E-state index contributed by atoms with van der Waals surface area (Å²) >= 11 is 1.33. The van der Waals surface area contributed by atoms with Crippen molar-refractivity contribution in [2.24, 2.45) is 5.92 Å². The maximum atomic E-state index is 13.4. The Morgan fingerprint density at radius 1 is 0.975 bits per heavy atom. The molecule has 2 aliphatic heterocycles. The summed E-state index contributed by atoms with van der Waals surface area (Å²) in [7, 11) is 0. The highest BCUT2D eigenvalue weighted by atomic mass is 35.5. The zero-order valence-corrected chi connectivity index (χ0v) is 24.4. The van der Waals surface area contributed by atoms with Gasteiger partial charge < -0.3 is 26.6 Å². The third-order valence-electron chi connectivity index (χ3n) is 7.24. The molecular weight excluding hydrogens is 552 g/mol. The lowest BCUT2D eigenvalue weighted by molar-refractivity contribution is -0.133. The molecule has 5 N–H and O–H groups in total. The number of hydrogen-bond acceptors (Lipinski definition) is 7. The van der Waals surface area contributed by atoms with Gasteiger partial charge in [0.15, 0.2) is 0 Å². The number of nitrogens with one attached hydrogen (secondary N) is 5. The van der Waals surface area contributed by atoms with Gasteiger partial charge >= 0.3 is 0 Å². The molecule has 0 aliphatic carbocycles. The molecule has 1 aromatic heterocycles. The van der Waals surface area contributed by atoms with E-state index in [4.69, 9.17) is 0 Å².